The molecule has 0 N–H and O–H groups in total. The molecule has 0 spiro atoms. The number of hydrogen-bond donors (Lipinski definition) is 0. The molecule has 166 valence electrons. The van der Waals surface area contributed by atoms with Gasteiger partial charge in [0.2, 0.25) is 0 Å². The minimum atomic E-state index is -0.448. The van der Waals surface area contributed by atoms with E-state index in [1.807, 2.05) is 36.4 Å². The van der Waals surface area contributed by atoms with E-state index in [2.05, 4.69) is 0 Å². The largest absolute Gasteiger partial charge is 0.457 e. The lowest BCUT2D eigenvalue weighted by Gasteiger charge is -2.20. The van der Waals surface area contributed by atoms with Gasteiger partial charge in [0.05, 0.1) is 10.6 Å². The highest BCUT2D eigenvalue weighted by Crippen LogP contribution is 2.36. The van der Waals surface area contributed by atoms with Crippen LogP contribution in [0, 0.1) is 10.1 Å². The summed E-state index contributed by atoms with van der Waals surface area (Å²) < 4.78 is 5.91. The van der Waals surface area contributed by atoms with Crippen LogP contribution >= 0.6 is 11.6 Å². The number of nitro groups is 1. The third kappa shape index (κ3) is 4.14. The second-order valence-electron chi connectivity index (χ2n) is 7.62. The summed E-state index contributed by atoms with van der Waals surface area (Å²) in [6.45, 7) is 0. The molecule has 34 heavy (non-hydrogen) atoms. The van der Waals surface area contributed by atoms with Gasteiger partial charge in [0, 0.05) is 34.0 Å². The molecule has 3 aromatic carbocycles. The highest BCUT2D eigenvalue weighted by atomic mass is 35.5. The van der Waals surface area contributed by atoms with Crippen LogP contribution in [-0.2, 0) is 4.79 Å². The molecule has 2 heterocycles. The van der Waals surface area contributed by atoms with Crippen LogP contribution in [0.2, 0.25) is 5.02 Å². The zero-order valence-electron chi connectivity index (χ0n) is 17.7. The molecule has 1 aliphatic heterocycles. The maximum absolute atomic E-state index is 13.4. The summed E-state index contributed by atoms with van der Waals surface area (Å²) in [4.78, 5) is 25.5. The maximum atomic E-state index is 13.4. The van der Waals surface area contributed by atoms with Gasteiger partial charge >= 0.3 is 0 Å². The number of amides is 1. The van der Waals surface area contributed by atoms with Crippen molar-refractivity contribution in [3.05, 3.63) is 129 Å². The summed E-state index contributed by atoms with van der Waals surface area (Å²) in [6, 6.07) is 26.4. The van der Waals surface area contributed by atoms with Crippen molar-refractivity contribution >= 4 is 40.7 Å². The number of non-ortho nitro benzene ring substituents is 1. The first kappa shape index (κ1) is 21.4. The number of hydrogen-bond acceptors (Lipinski definition) is 4. The zero-order chi connectivity index (χ0) is 23.7. The normalized spacial score (nSPS) is 14.5. The van der Waals surface area contributed by atoms with Crippen LogP contribution in [-0.4, -0.2) is 10.8 Å². The van der Waals surface area contributed by atoms with Crippen LogP contribution in [0.3, 0.4) is 0 Å². The van der Waals surface area contributed by atoms with Gasteiger partial charge in [-0.25, -0.2) is 0 Å². The van der Waals surface area contributed by atoms with Crippen LogP contribution in [0.25, 0.3) is 23.1 Å². The molecule has 6 nitrogen and oxygen atoms in total. The number of carbonyl (C=O) groups excluding carboxylic acids is 1. The molecule has 1 aromatic heterocycles. The smallest absolute Gasteiger partial charge is 0.269 e. The molecule has 0 bridgehead atoms. The number of halogens is 1. The molecule has 4 aromatic rings. The van der Waals surface area contributed by atoms with Gasteiger partial charge < -0.3 is 4.42 Å². The Kier molecular flexibility index (Phi) is 5.57. The fourth-order valence-electron chi connectivity index (χ4n) is 3.77. The maximum Gasteiger partial charge on any atom is 0.269 e. The molecule has 5 rings (SSSR count). The van der Waals surface area contributed by atoms with Crippen molar-refractivity contribution in [2.45, 2.75) is 0 Å². The number of nitrogens with zero attached hydrogens (tertiary/aromatic N) is 2. The summed E-state index contributed by atoms with van der Waals surface area (Å²) in [7, 11) is 0. The standard InChI is InChI=1S/C27H17ClN2O4/c28-21-8-12-22(13-9-21)29-25(18-4-2-1-3-5-18)17-20(27(29)31)16-24-14-15-26(34-24)19-6-10-23(11-7-19)30(32)33/h1-17H/b20-16+. The number of carbonyl (C=O) groups is 1. The van der Waals surface area contributed by atoms with E-state index < -0.39 is 4.92 Å². The Balaban J connectivity index is 1.50. The monoisotopic (exact) mass is 468 g/mol. The average molecular weight is 469 g/mol. The molecule has 7 heteroatoms. The topological polar surface area (TPSA) is 76.6 Å². The van der Waals surface area contributed by atoms with Crippen LogP contribution in [0.5, 0.6) is 0 Å². The van der Waals surface area contributed by atoms with E-state index in [1.165, 1.54) is 12.1 Å². The second kappa shape index (κ2) is 8.84. The molecular formula is C27H17ClN2O4. The molecule has 0 unspecified atom stereocenters. The lowest BCUT2D eigenvalue weighted by Crippen LogP contribution is -2.24. The van der Waals surface area contributed by atoms with Crippen molar-refractivity contribution in [3.63, 3.8) is 0 Å². The zero-order valence-corrected chi connectivity index (χ0v) is 18.5. The molecule has 0 aliphatic carbocycles. The molecular weight excluding hydrogens is 452 g/mol. The molecule has 0 atom stereocenters. The Labute approximate surface area is 200 Å². The Morgan fingerprint density at radius 2 is 1.56 bits per heavy atom. The van der Waals surface area contributed by atoms with E-state index in [9.17, 15) is 14.9 Å². The van der Waals surface area contributed by atoms with Crippen molar-refractivity contribution in [3.8, 4) is 11.3 Å². The van der Waals surface area contributed by atoms with Gasteiger partial charge in [-0.1, -0.05) is 41.9 Å². The van der Waals surface area contributed by atoms with Gasteiger partial charge in [-0.3, -0.25) is 19.8 Å². The first-order valence-corrected chi connectivity index (χ1v) is 10.8. The predicted molar refractivity (Wildman–Crippen MR) is 132 cm³/mol. The SMILES string of the molecule is O=C1/C(=C/c2ccc(-c3ccc([N+](=O)[O-])cc3)o2)C=C(c2ccccc2)N1c1ccc(Cl)cc1. The highest BCUT2D eigenvalue weighted by molar-refractivity contribution is 6.30. The van der Waals surface area contributed by atoms with E-state index in [4.69, 9.17) is 16.0 Å². The summed E-state index contributed by atoms with van der Waals surface area (Å²) in [6.07, 6.45) is 3.52. The first-order chi connectivity index (χ1) is 16.5. The van der Waals surface area contributed by atoms with E-state index in [-0.39, 0.29) is 11.6 Å². The third-order valence-electron chi connectivity index (χ3n) is 5.42. The average Bonchev–Trinajstić information content (AvgIpc) is 3.45. The lowest BCUT2D eigenvalue weighted by molar-refractivity contribution is -0.384. The van der Waals surface area contributed by atoms with Gasteiger partial charge in [0.25, 0.3) is 11.6 Å². The summed E-state index contributed by atoms with van der Waals surface area (Å²) in [5.41, 5.74) is 3.55. The van der Waals surface area contributed by atoms with E-state index in [1.54, 1.807) is 59.5 Å². The number of nitro benzene ring substituents is 1. The predicted octanol–water partition coefficient (Wildman–Crippen LogP) is 6.98. The number of anilines is 1. The Hall–Kier alpha value is -4.42. The minimum Gasteiger partial charge on any atom is -0.457 e. The number of benzene rings is 3. The molecule has 0 fully saturated rings. The van der Waals surface area contributed by atoms with Crippen molar-refractivity contribution in [2.24, 2.45) is 0 Å². The Morgan fingerprint density at radius 3 is 2.24 bits per heavy atom. The molecule has 1 amide bonds. The lowest BCUT2D eigenvalue weighted by atomic mass is 10.1. The van der Waals surface area contributed by atoms with Crippen molar-refractivity contribution in [2.75, 3.05) is 4.90 Å². The summed E-state index contributed by atoms with van der Waals surface area (Å²) >= 11 is 6.05. The van der Waals surface area contributed by atoms with E-state index in [0.717, 1.165) is 11.3 Å². The third-order valence-corrected chi connectivity index (χ3v) is 5.68. The van der Waals surface area contributed by atoms with Crippen LogP contribution in [0.15, 0.2) is 107 Å². The molecule has 0 saturated carbocycles. The Morgan fingerprint density at radius 1 is 0.853 bits per heavy atom. The number of rotatable bonds is 5. The number of furan rings is 1. The highest BCUT2D eigenvalue weighted by Gasteiger charge is 2.30. The fraction of sp³-hybridized carbons (Fsp3) is 0. The van der Waals surface area contributed by atoms with E-state index in [0.29, 0.717) is 33.4 Å². The summed E-state index contributed by atoms with van der Waals surface area (Å²) in [5.74, 6) is 0.863. The van der Waals surface area contributed by atoms with Gasteiger partial charge in [0.1, 0.15) is 11.5 Å². The van der Waals surface area contributed by atoms with Gasteiger partial charge in [-0.2, -0.15) is 0 Å². The van der Waals surface area contributed by atoms with Crippen molar-refractivity contribution < 1.29 is 14.1 Å². The van der Waals surface area contributed by atoms with Crippen LogP contribution in [0.1, 0.15) is 11.3 Å². The Bertz CT molecular complexity index is 1440. The van der Waals surface area contributed by atoms with Crippen molar-refractivity contribution in [1.29, 1.82) is 0 Å². The van der Waals surface area contributed by atoms with Gasteiger partial charge in [0.15, 0.2) is 0 Å². The van der Waals surface area contributed by atoms with Crippen molar-refractivity contribution in [1.82, 2.24) is 0 Å². The second-order valence-corrected chi connectivity index (χ2v) is 8.05. The minimum absolute atomic E-state index is 0.00932. The summed E-state index contributed by atoms with van der Waals surface area (Å²) in [5, 5.41) is 11.5. The van der Waals surface area contributed by atoms with E-state index >= 15 is 0 Å². The van der Waals surface area contributed by atoms with Gasteiger partial charge in [-0.05, 0) is 66.2 Å². The molecule has 0 radical (unpaired) electrons. The fourth-order valence-corrected chi connectivity index (χ4v) is 3.90. The van der Waals surface area contributed by atoms with Gasteiger partial charge in [-0.15, -0.1) is 0 Å². The van der Waals surface area contributed by atoms with Crippen LogP contribution < -0.4 is 4.90 Å². The molecule has 0 saturated heterocycles. The van der Waals surface area contributed by atoms with Crippen LogP contribution in [0.4, 0.5) is 11.4 Å². The first-order valence-electron chi connectivity index (χ1n) is 10.4. The quantitative estimate of drug-likeness (QED) is 0.180. The molecule has 1 aliphatic rings.